The van der Waals surface area contributed by atoms with Gasteiger partial charge in [-0.05, 0) is 57.3 Å². The van der Waals surface area contributed by atoms with Crippen molar-refractivity contribution >= 4 is 16.4 Å². The predicted octanol–water partition coefficient (Wildman–Crippen LogP) is 3.08. The summed E-state index contributed by atoms with van der Waals surface area (Å²) in [6.07, 6.45) is 6.01. The molecular weight excluding hydrogens is 288 g/mol. The molecule has 2 aliphatic carbocycles. The molecule has 5 heteroatoms. The van der Waals surface area contributed by atoms with Crippen LogP contribution in [0.25, 0.3) is 0 Å². The van der Waals surface area contributed by atoms with Crippen LogP contribution in [0.1, 0.15) is 52.9 Å². The van der Waals surface area contributed by atoms with Gasteiger partial charge in [0, 0.05) is 5.92 Å². The Labute approximate surface area is 128 Å². The predicted molar refractivity (Wildman–Crippen MR) is 82.3 cm³/mol. The van der Waals surface area contributed by atoms with Gasteiger partial charge in [0.1, 0.15) is 6.29 Å². The quantitative estimate of drug-likeness (QED) is 0.456. The highest BCUT2D eigenvalue weighted by atomic mass is 32.2. The molecule has 2 saturated carbocycles. The second-order valence-corrected chi connectivity index (χ2v) is 8.69. The lowest BCUT2D eigenvalue weighted by molar-refractivity contribution is -0.122. The Morgan fingerprint density at radius 1 is 1.33 bits per heavy atom. The third-order valence-electron chi connectivity index (χ3n) is 5.47. The summed E-state index contributed by atoms with van der Waals surface area (Å²) in [5.41, 5.74) is 2.52. The average Bonchev–Trinajstić information content (AvgIpc) is 2.37. The Bertz CT molecular complexity index is 545. The minimum Gasteiger partial charge on any atom is -0.303 e. The fourth-order valence-electron chi connectivity index (χ4n) is 4.11. The van der Waals surface area contributed by atoms with E-state index < -0.39 is 10.1 Å². The lowest BCUT2D eigenvalue weighted by Crippen LogP contribution is -2.51. The molecule has 0 heterocycles. The molecule has 0 amide bonds. The van der Waals surface area contributed by atoms with Crippen molar-refractivity contribution in [3.63, 3.8) is 0 Å². The van der Waals surface area contributed by atoms with Crippen LogP contribution in [0.15, 0.2) is 11.1 Å². The van der Waals surface area contributed by atoms with E-state index in [1.165, 1.54) is 11.1 Å². The number of hydrogen-bond donors (Lipinski definition) is 0. The van der Waals surface area contributed by atoms with E-state index in [9.17, 15) is 13.2 Å². The van der Waals surface area contributed by atoms with E-state index >= 15 is 0 Å². The van der Waals surface area contributed by atoms with Crippen LogP contribution in [-0.4, -0.2) is 27.1 Å². The number of fused-ring (bicyclic) bond motifs is 1. The minimum absolute atomic E-state index is 0.0176. The highest BCUT2D eigenvalue weighted by molar-refractivity contribution is 7.86. The van der Waals surface area contributed by atoms with Gasteiger partial charge in [0.05, 0.1) is 12.4 Å². The van der Waals surface area contributed by atoms with Crippen LogP contribution in [0.2, 0.25) is 0 Å². The van der Waals surface area contributed by atoms with E-state index in [1.54, 1.807) is 0 Å². The van der Waals surface area contributed by atoms with Gasteiger partial charge in [0.25, 0.3) is 10.1 Å². The van der Waals surface area contributed by atoms with Crippen molar-refractivity contribution in [3.8, 4) is 0 Å². The molecule has 0 aliphatic heterocycles. The van der Waals surface area contributed by atoms with Crippen LogP contribution < -0.4 is 0 Å². The molecule has 0 aromatic rings. The summed E-state index contributed by atoms with van der Waals surface area (Å²) in [6.45, 7) is 6.33. The van der Waals surface area contributed by atoms with Crippen molar-refractivity contribution < 1.29 is 17.4 Å². The molecule has 0 N–H and O–H groups in total. The fraction of sp³-hybridized carbons (Fsp3) is 0.812. The van der Waals surface area contributed by atoms with Gasteiger partial charge in [0.15, 0.2) is 0 Å². The van der Waals surface area contributed by atoms with E-state index in [-0.39, 0.29) is 23.4 Å². The first-order valence-electron chi connectivity index (χ1n) is 7.66. The van der Waals surface area contributed by atoms with Gasteiger partial charge < -0.3 is 4.79 Å². The molecule has 120 valence electrons. The summed E-state index contributed by atoms with van der Waals surface area (Å²) >= 11 is 0. The Balaban J connectivity index is 2.33. The molecule has 2 aliphatic rings. The largest absolute Gasteiger partial charge is 0.303 e. The van der Waals surface area contributed by atoms with Gasteiger partial charge in [-0.1, -0.05) is 18.1 Å². The topological polar surface area (TPSA) is 60.4 Å². The molecule has 0 aromatic heterocycles. The van der Waals surface area contributed by atoms with Crippen LogP contribution in [0.3, 0.4) is 0 Å². The summed E-state index contributed by atoms with van der Waals surface area (Å²) in [7, 11) is -3.47. The van der Waals surface area contributed by atoms with Gasteiger partial charge in [0.2, 0.25) is 0 Å². The molecule has 2 rings (SSSR count). The normalized spacial score (nSPS) is 37.0. The fourth-order valence-corrected chi connectivity index (χ4v) is 4.85. The van der Waals surface area contributed by atoms with E-state index in [2.05, 4.69) is 20.8 Å². The maximum atomic E-state index is 11.5. The molecule has 0 saturated heterocycles. The third kappa shape index (κ3) is 3.39. The van der Waals surface area contributed by atoms with Crippen LogP contribution in [0.4, 0.5) is 0 Å². The second kappa shape index (κ2) is 5.84. The van der Waals surface area contributed by atoms with Gasteiger partial charge in [-0.15, -0.1) is 0 Å². The first kappa shape index (κ1) is 16.7. The minimum atomic E-state index is -3.47. The van der Waals surface area contributed by atoms with E-state index in [0.717, 1.165) is 38.2 Å². The first-order chi connectivity index (χ1) is 9.67. The van der Waals surface area contributed by atoms with Crippen molar-refractivity contribution in [2.45, 2.75) is 59.0 Å². The lowest BCUT2D eigenvalue weighted by atomic mass is 9.54. The summed E-state index contributed by atoms with van der Waals surface area (Å²) in [5, 5.41) is 0. The number of allylic oxidation sites excluding steroid dienone is 2. The Morgan fingerprint density at radius 3 is 2.52 bits per heavy atom. The molecule has 4 nitrogen and oxygen atoms in total. The van der Waals surface area contributed by atoms with Crippen molar-refractivity contribution in [1.29, 1.82) is 0 Å². The standard InChI is InChI=1S/C16H26O4S/c1-11(2)12-7-8-16(3)14(9-12)13(10-17)5-6-15(16)20-21(4,18)19/h10,13-15H,5-9H2,1-4H3/t13-,14+,15-,16-/m1/s1. The molecule has 21 heavy (non-hydrogen) atoms. The van der Waals surface area contributed by atoms with Crippen molar-refractivity contribution in [1.82, 2.24) is 0 Å². The lowest BCUT2D eigenvalue weighted by Gasteiger charge is -2.52. The SMILES string of the molecule is CC(C)=C1CC[C@@]2(C)[C@H](OS(C)(=O)=O)CC[C@H](C=O)[C@@H]2C1. The van der Waals surface area contributed by atoms with Gasteiger partial charge in [-0.3, -0.25) is 4.18 Å². The van der Waals surface area contributed by atoms with E-state index in [1.807, 2.05) is 0 Å². The molecule has 0 aromatic carbocycles. The van der Waals surface area contributed by atoms with Crippen LogP contribution in [0.5, 0.6) is 0 Å². The van der Waals surface area contributed by atoms with Crippen LogP contribution in [0, 0.1) is 17.3 Å². The Hall–Kier alpha value is -0.680. The molecular formula is C16H26O4S. The van der Waals surface area contributed by atoms with E-state index in [0.29, 0.717) is 6.42 Å². The molecule has 4 atom stereocenters. The monoisotopic (exact) mass is 314 g/mol. The smallest absolute Gasteiger partial charge is 0.264 e. The van der Waals surface area contributed by atoms with Crippen molar-refractivity contribution in [2.75, 3.05) is 6.26 Å². The maximum absolute atomic E-state index is 11.5. The number of carbonyl (C=O) groups excluding carboxylic acids is 1. The van der Waals surface area contributed by atoms with Gasteiger partial charge >= 0.3 is 0 Å². The number of aldehydes is 1. The Kier molecular flexibility index (Phi) is 4.64. The summed E-state index contributed by atoms with van der Waals surface area (Å²) < 4.78 is 28.5. The zero-order valence-electron chi connectivity index (χ0n) is 13.4. The Morgan fingerprint density at radius 2 is 2.00 bits per heavy atom. The summed E-state index contributed by atoms with van der Waals surface area (Å²) in [5.74, 6) is 0.207. The molecule has 0 spiro atoms. The third-order valence-corrected chi connectivity index (χ3v) is 6.05. The molecule has 0 bridgehead atoms. The number of rotatable bonds is 3. The van der Waals surface area contributed by atoms with Crippen LogP contribution >= 0.6 is 0 Å². The second-order valence-electron chi connectivity index (χ2n) is 7.09. The molecule has 0 unspecified atom stereocenters. The van der Waals surface area contributed by atoms with Gasteiger partial charge in [-0.25, -0.2) is 0 Å². The zero-order chi connectivity index (χ0) is 15.8. The number of carbonyl (C=O) groups is 1. The maximum Gasteiger partial charge on any atom is 0.264 e. The zero-order valence-corrected chi connectivity index (χ0v) is 14.2. The molecule has 0 radical (unpaired) electrons. The summed E-state index contributed by atoms with van der Waals surface area (Å²) in [4.78, 5) is 11.5. The highest BCUT2D eigenvalue weighted by Crippen LogP contribution is 2.55. The van der Waals surface area contributed by atoms with Crippen molar-refractivity contribution in [3.05, 3.63) is 11.1 Å². The average molecular weight is 314 g/mol. The summed E-state index contributed by atoms with van der Waals surface area (Å²) in [6, 6.07) is 0. The van der Waals surface area contributed by atoms with Gasteiger partial charge in [-0.2, -0.15) is 8.42 Å². The van der Waals surface area contributed by atoms with E-state index in [4.69, 9.17) is 4.18 Å². The highest BCUT2D eigenvalue weighted by Gasteiger charge is 2.51. The van der Waals surface area contributed by atoms with Crippen molar-refractivity contribution in [2.24, 2.45) is 17.3 Å². The van der Waals surface area contributed by atoms with Crippen LogP contribution in [-0.2, 0) is 19.1 Å². The molecule has 2 fully saturated rings. The number of hydrogen-bond acceptors (Lipinski definition) is 4. The first-order valence-corrected chi connectivity index (χ1v) is 9.48.